The third-order valence-corrected chi connectivity index (χ3v) is 4.65. The van der Waals surface area contributed by atoms with Crippen LogP contribution in [0.5, 0.6) is 0 Å². The zero-order valence-corrected chi connectivity index (χ0v) is 15.3. The van der Waals surface area contributed by atoms with E-state index in [0.29, 0.717) is 36.1 Å². The van der Waals surface area contributed by atoms with E-state index >= 15 is 0 Å². The molecule has 116 valence electrons. The van der Waals surface area contributed by atoms with Crippen molar-refractivity contribution in [1.82, 2.24) is 19.9 Å². The molecule has 0 aromatic carbocycles. The highest BCUT2D eigenvalue weighted by atomic mass is 79.9. The van der Waals surface area contributed by atoms with Crippen LogP contribution in [0.15, 0.2) is 25.9 Å². The third-order valence-electron chi connectivity index (χ3n) is 2.41. The lowest BCUT2D eigenvalue weighted by atomic mass is 10.4. The van der Waals surface area contributed by atoms with Gasteiger partial charge < -0.3 is 16.5 Å². The van der Waals surface area contributed by atoms with Crippen molar-refractivity contribution in [2.24, 2.45) is 0 Å². The van der Waals surface area contributed by atoms with Gasteiger partial charge in [-0.1, -0.05) is 23.2 Å². The number of aromatic amines is 2. The number of H-pyrrole nitrogens is 2. The monoisotopic (exact) mass is 468 g/mol. The highest BCUT2D eigenvalue weighted by molar-refractivity contribution is 9.10. The molecule has 0 aliphatic rings. The fraction of sp³-hybridized carbons (Fsp3) is 0. The first-order chi connectivity index (χ1) is 10.3. The van der Waals surface area contributed by atoms with Gasteiger partial charge >= 0.3 is 5.69 Å². The van der Waals surface area contributed by atoms with E-state index in [4.69, 9.17) is 34.7 Å². The Labute approximate surface area is 150 Å². The van der Waals surface area contributed by atoms with Crippen LogP contribution < -0.4 is 17.2 Å². The smallest absolute Gasteiger partial charge is 0.325 e. The number of hydrogen-bond acceptors (Lipinski definition) is 5. The molecule has 7 nitrogen and oxygen atoms in total. The molecule has 0 radical (unpaired) electrons. The summed E-state index contributed by atoms with van der Waals surface area (Å²) in [5.74, 6) is 0.258. The first-order valence-corrected chi connectivity index (χ1v) is 7.93. The van der Waals surface area contributed by atoms with Gasteiger partial charge in [0.2, 0.25) is 0 Å². The fourth-order valence-corrected chi connectivity index (χ4v) is 2.35. The number of aromatic nitrogens is 4. The SMILES string of the molecule is Nc1cc(Br)c(Cl)nc1N.O=c1[nH]c2cc(Br)c(Cl)nc2[nH]1. The Morgan fingerprint density at radius 3 is 2.23 bits per heavy atom. The van der Waals surface area contributed by atoms with E-state index in [1.165, 1.54) is 0 Å². The van der Waals surface area contributed by atoms with E-state index in [0.717, 1.165) is 0 Å². The van der Waals surface area contributed by atoms with Gasteiger partial charge in [-0.05, 0) is 44.0 Å². The Morgan fingerprint density at radius 1 is 1.00 bits per heavy atom. The second-order valence-electron chi connectivity index (χ2n) is 3.97. The van der Waals surface area contributed by atoms with Crippen LogP contribution in [0, 0.1) is 0 Å². The zero-order valence-electron chi connectivity index (χ0n) is 10.6. The Bertz CT molecular complexity index is 802. The molecule has 0 atom stereocenters. The Kier molecular flexibility index (Phi) is 5.32. The molecule has 0 amide bonds. The van der Waals surface area contributed by atoms with Gasteiger partial charge in [0.05, 0.1) is 20.1 Å². The zero-order chi connectivity index (χ0) is 16.4. The molecule has 3 rings (SSSR count). The predicted octanol–water partition coefficient (Wildman–Crippen LogP) is 3.33. The van der Waals surface area contributed by atoms with Gasteiger partial charge in [-0.2, -0.15) is 0 Å². The molecule has 3 heterocycles. The van der Waals surface area contributed by atoms with E-state index in [1.807, 2.05) is 0 Å². The van der Waals surface area contributed by atoms with Crippen molar-refractivity contribution in [3.05, 3.63) is 41.9 Å². The lowest BCUT2D eigenvalue weighted by Gasteiger charge is -1.99. The van der Waals surface area contributed by atoms with Crippen LogP contribution >= 0.6 is 55.1 Å². The highest BCUT2D eigenvalue weighted by Gasteiger charge is 2.04. The average molecular weight is 471 g/mol. The maximum atomic E-state index is 10.8. The summed E-state index contributed by atoms with van der Waals surface area (Å²) < 4.78 is 1.31. The topological polar surface area (TPSA) is 126 Å². The van der Waals surface area contributed by atoms with Crippen LogP contribution in [-0.2, 0) is 0 Å². The second-order valence-corrected chi connectivity index (χ2v) is 6.40. The highest BCUT2D eigenvalue weighted by Crippen LogP contribution is 2.25. The molecular weight excluding hydrogens is 463 g/mol. The summed E-state index contributed by atoms with van der Waals surface area (Å²) in [4.78, 5) is 23.5. The molecule has 0 saturated heterocycles. The molecule has 0 spiro atoms. The van der Waals surface area contributed by atoms with Crippen LogP contribution in [0.1, 0.15) is 0 Å². The van der Waals surface area contributed by atoms with Crippen molar-refractivity contribution in [2.75, 3.05) is 11.5 Å². The van der Waals surface area contributed by atoms with Crippen LogP contribution in [-0.4, -0.2) is 19.9 Å². The largest absolute Gasteiger partial charge is 0.396 e. The summed E-state index contributed by atoms with van der Waals surface area (Å²) in [6.07, 6.45) is 0. The lowest BCUT2D eigenvalue weighted by molar-refractivity contribution is 1.20. The number of nitrogens with zero attached hydrogens (tertiary/aromatic N) is 2. The second kappa shape index (κ2) is 6.86. The van der Waals surface area contributed by atoms with Crippen LogP contribution in [0.25, 0.3) is 11.2 Å². The Hall–Kier alpha value is -1.29. The van der Waals surface area contributed by atoms with Crippen molar-refractivity contribution < 1.29 is 0 Å². The van der Waals surface area contributed by atoms with Crippen molar-refractivity contribution >= 4 is 77.7 Å². The maximum absolute atomic E-state index is 10.8. The standard InChI is InChI=1S/C6H3BrClN3O.C5H5BrClN3/c7-2-1-3-5(10-4(2)8)11-6(12)9-3;6-2-1-3(8)5(9)10-4(2)7/h1H,(H2,9,10,11,12);1H,8H2,(H2,9,10). The van der Waals surface area contributed by atoms with E-state index < -0.39 is 0 Å². The number of nitrogens with one attached hydrogen (secondary N) is 2. The van der Waals surface area contributed by atoms with Crippen molar-refractivity contribution in [2.45, 2.75) is 0 Å². The summed E-state index contributed by atoms with van der Waals surface area (Å²) in [6.45, 7) is 0. The minimum atomic E-state index is -0.285. The summed E-state index contributed by atoms with van der Waals surface area (Å²) in [5.41, 5.74) is 12.0. The van der Waals surface area contributed by atoms with Crippen LogP contribution in [0.4, 0.5) is 11.5 Å². The number of nitrogens with two attached hydrogens (primary N) is 2. The van der Waals surface area contributed by atoms with Crippen LogP contribution in [0.3, 0.4) is 0 Å². The lowest BCUT2D eigenvalue weighted by Crippen LogP contribution is -1.99. The number of anilines is 2. The molecule has 22 heavy (non-hydrogen) atoms. The Balaban J connectivity index is 0.000000164. The van der Waals surface area contributed by atoms with Gasteiger partial charge in [0.15, 0.2) is 5.65 Å². The predicted molar refractivity (Wildman–Crippen MR) is 95.2 cm³/mol. The number of pyridine rings is 2. The summed E-state index contributed by atoms with van der Waals surface area (Å²) >= 11 is 17.6. The molecule has 3 aromatic heterocycles. The number of fused-ring (bicyclic) bond motifs is 1. The molecule has 11 heteroatoms. The first kappa shape index (κ1) is 17.1. The van der Waals surface area contributed by atoms with Crippen molar-refractivity contribution in [3.8, 4) is 0 Å². The molecule has 0 aliphatic heterocycles. The molecule has 0 fully saturated rings. The molecule has 0 aliphatic carbocycles. The molecule has 3 aromatic rings. The molecule has 0 bridgehead atoms. The number of nitrogen functional groups attached to an aromatic ring is 2. The molecular formula is C11H8Br2Cl2N6O. The van der Waals surface area contributed by atoms with E-state index in [-0.39, 0.29) is 11.5 Å². The minimum Gasteiger partial charge on any atom is -0.396 e. The van der Waals surface area contributed by atoms with Gasteiger partial charge in [0, 0.05) is 0 Å². The van der Waals surface area contributed by atoms with Gasteiger partial charge in [-0.15, -0.1) is 0 Å². The maximum Gasteiger partial charge on any atom is 0.325 e. The van der Waals surface area contributed by atoms with E-state index in [1.54, 1.807) is 12.1 Å². The number of hydrogen-bond donors (Lipinski definition) is 4. The first-order valence-electron chi connectivity index (χ1n) is 5.59. The molecule has 0 unspecified atom stereocenters. The van der Waals surface area contributed by atoms with Gasteiger partial charge in [0.25, 0.3) is 0 Å². The number of halogens is 4. The van der Waals surface area contributed by atoms with Crippen LogP contribution in [0.2, 0.25) is 10.3 Å². The minimum absolute atomic E-state index is 0.258. The van der Waals surface area contributed by atoms with E-state index in [9.17, 15) is 4.79 Å². The van der Waals surface area contributed by atoms with Crippen molar-refractivity contribution in [1.29, 1.82) is 0 Å². The normalized spacial score (nSPS) is 10.4. The van der Waals surface area contributed by atoms with Crippen molar-refractivity contribution in [3.63, 3.8) is 0 Å². The summed E-state index contributed by atoms with van der Waals surface area (Å²) in [6, 6.07) is 3.31. The molecule has 6 N–H and O–H groups in total. The van der Waals surface area contributed by atoms with Gasteiger partial charge in [-0.3, -0.25) is 4.98 Å². The number of imidazole rings is 1. The third kappa shape index (κ3) is 3.92. The number of rotatable bonds is 0. The van der Waals surface area contributed by atoms with Gasteiger partial charge in [-0.25, -0.2) is 14.8 Å². The van der Waals surface area contributed by atoms with E-state index in [2.05, 4.69) is 51.8 Å². The Morgan fingerprint density at radius 2 is 1.59 bits per heavy atom. The summed E-state index contributed by atoms with van der Waals surface area (Å²) in [7, 11) is 0. The quantitative estimate of drug-likeness (QED) is 0.375. The average Bonchev–Trinajstić information content (AvgIpc) is 2.77. The fourth-order valence-electron chi connectivity index (χ4n) is 1.41. The molecule has 0 saturated carbocycles. The van der Waals surface area contributed by atoms with Gasteiger partial charge in [0.1, 0.15) is 16.1 Å². The summed E-state index contributed by atoms with van der Waals surface area (Å²) in [5, 5.41) is 0.657.